The van der Waals surface area contributed by atoms with E-state index in [-0.39, 0.29) is 18.3 Å². The number of nitrogens with one attached hydrogen (secondary N) is 1. The third-order valence-corrected chi connectivity index (χ3v) is 3.49. The molecule has 1 aromatic rings. The SMILES string of the molecule is CCC(CC)(CN)C(=O)NCc1ccnc(C)n1.Cl. The second-order valence-corrected chi connectivity index (χ2v) is 4.47. The summed E-state index contributed by atoms with van der Waals surface area (Å²) in [5.74, 6) is 0.712. The largest absolute Gasteiger partial charge is 0.350 e. The Labute approximate surface area is 120 Å². The van der Waals surface area contributed by atoms with Crippen LogP contribution < -0.4 is 11.1 Å². The molecule has 0 unspecified atom stereocenters. The van der Waals surface area contributed by atoms with Crippen LogP contribution in [0.25, 0.3) is 0 Å². The van der Waals surface area contributed by atoms with E-state index in [1.165, 1.54) is 0 Å². The van der Waals surface area contributed by atoms with Gasteiger partial charge in [0, 0.05) is 12.7 Å². The van der Waals surface area contributed by atoms with Crippen molar-refractivity contribution in [3.63, 3.8) is 0 Å². The summed E-state index contributed by atoms with van der Waals surface area (Å²) in [6.07, 6.45) is 3.18. The van der Waals surface area contributed by atoms with E-state index in [9.17, 15) is 4.79 Å². The van der Waals surface area contributed by atoms with Crippen LogP contribution in [0.3, 0.4) is 0 Å². The first-order valence-electron chi connectivity index (χ1n) is 6.35. The van der Waals surface area contributed by atoms with Crippen LogP contribution in [0.5, 0.6) is 0 Å². The van der Waals surface area contributed by atoms with Crippen molar-refractivity contribution < 1.29 is 4.79 Å². The molecular formula is C13H23ClN4O. The van der Waals surface area contributed by atoms with Gasteiger partial charge in [-0.2, -0.15) is 0 Å². The third kappa shape index (κ3) is 4.44. The third-order valence-electron chi connectivity index (χ3n) is 3.49. The molecule has 0 aliphatic rings. The number of rotatable bonds is 6. The summed E-state index contributed by atoms with van der Waals surface area (Å²) in [7, 11) is 0. The molecular weight excluding hydrogens is 264 g/mol. The summed E-state index contributed by atoms with van der Waals surface area (Å²) in [5.41, 5.74) is 6.09. The molecule has 0 saturated heterocycles. The number of carbonyl (C=O) groups is 1. The molecule has 19 heavy (non-hydrogen) atoms. The van der Waals surface area contributed by atoms with Gasteiger partial charge in [0.25, 0.3) is 0 Å². The molecule has 0 atom stereocenters. The van der Waals surface area contributed by atoms with E-state index in [2.05, 4.69) is 15.3 Å². The lowest BCUT2D eigenvalue weighted by Gasteiger charge is -2.28. The molecule has 1 amide bonds. The summed E-state index contributed by atoms with van der Waals surface area (Å²) in [6.45, 7) is 6.60. The minimum Gasteiger partial charge on any atom is -0.350 e. The van der Waals surface area contributed by atoms with Crippen molar-refractivity contribution in [1.82, 2.24) is 15.3 Å². The van der Waals surface area contributed by atoms with Crippen molar-refractivity contribution in [2.24, 2.45) is 11.1 Å². The molecule has 1 heterocycles. The first-order chi connectivity index (χ1) is 8.57. The van der Waals surface area contributed by atoms with Crippen LogP contribution >= 0.6 is 12.4 Å². The van der Waals surface area contributed by atoms with E-state index in [1.807, 2.05) is 20.8 Å². The Morgan fingerprint density at radius 1 is 1.42 bits per heavy atom. The van der Waals surface area contributed by atoms with Gasteiger partial charge < -0.3 is 11.1 Å². The molecule has 5 nitrogen and oxygen atoms in total. The highest BCUT2D eigenvalue weighted by Gasteiger charge is 2.32. The maximum atomic E-state index is 12.2. The Balaban J connectivity index is 0.00000324. The molecule has 0 aliphatic heterocycles. The van der Waals surface area contributed by atoms with E-state index in [0.717, 1.165) is 18.5 Å². The van der Waals surface area contributed by atoms with Crippen LogP contribution in [-0.4, -0.2) is 22.4 Å². The summed E-state index contributed by atoms with van der Waals surface area (Å²) in [4.78, 5) is 20.5. The van der Waals surface area contributed by atoms with Gasteiger partial charge in [0.05, 0.1) is 17.7 Å². The average Bonchev–Trinajstić information content (AvgIpc) is 2.39. The highest BCUT2D eigenvalue weighted by atomic mass is 35.5. The van der Waals surface area contributed by atoms with E-state index in [4.69, 9.17) is 5.73 Å². The van der Waals surface area contributed by atoms with Gasteiger partial charge in [-0.25, -0.2) is 9.97 Å². The predicted molar refractivity (Wildman–Crippen MR) is 77.9 cm³/mol. The average molecular weight is 287 g/mol. The van der Waals surface area contributed by atoms with E-state index in [1.54, 1.807) is 12.3 Å². The van der Waals surface area contributed by atoms with Gasteiger partial charge in [0.1, 0.15) is 5.82 Å². The Morgan fingerprint density at radius 3 is 2.53 bits per heavy atom. The van der Waals surface area contributed by atoms with Crippen LogP contribution in [0.15, 0.2) is 12.3 Å². The first-order valence-corrected chi connectivity index (χ1v) is 6.35. The minimum absolute atomic E-state index is 0. The first kappa shape index (κ1) is 17.8. The number of nitrogens with zero attached hydrogens (tertiary/aromatic N) is 2. The molecule has 1 rings (SSSR count). The highest BCUT2D eigenvalue weighted by Crippen LogP contribution is 2.24. The topological polar surface area (TPSA) is 80.9 Å². The molecule has 0 aliphatic carbocycles. The van der Waals surface area contributed by atoms with Gasteiger partial charge in [-0.1, -0.05) is 13.8 Å². The van der Waals surface area contributed by atoms with Crippen molar-refractivity contribution in [3.05, 3.63) is 23.8 Å². The summed E-state index contributed by atoms with van der Waals surface area (Å²) >= 11 is 0. The monoisotopic (exact) mass is 286 g/mol. The maximum absolute atomic E-state index is 12.2. The molecule has 3 N–H and O–H groups in total. The molecule has 1 aromatic heterocycles. The fourth-order valence-electron chi connectivity index (χ4n) is 1.91. The zero-order chi connectivity index (χ0) is 13.6. The van der Waals surface area contributed by atoms with Gasteiger partial charge >= 0.3 is 0 Å². The van der Waals surface area contributed by atoms with Gasteiger partial charge in [0.2, 0.25) is 5.91 Å². The summed E-state index contributed by atoms with van der Waals surface area (Å²) in [6, 6.07) is 1.80. The summed E-state index contributed by atoms with van der Waals surface area (Å²) < 4.78 is 0. The fourth-order valence-corrected chi connectivity index (χ4v) is 1.91. The minimum atomic E-state index is -0.456. The Morgan fingerprint density at radius 2 is 2.05 bits per heavy atom. The zero-order valence-electron chi connectivity index (χ0n) is 11.8. The number of aromatic nitrogens is 2. The predicted octanol–water partition coefficient (Wildman–Crippen LogP) is 1.59. The summed E-state index contributed by atoms with van der Waals surface area (Å²) in [5, 5.41) is 2.91. The second-order valence-electron chi connectivity index (χ2n) is 4.47. The van der Waals surface area contributed by atoms with E-state index in [0.29, 0.717) is 18.9 Å². The number of amides is 1. The Hall–Kier alpha value is -1.20. The van der Waals surface area contributed by atoms with Crippen LogP contribution in [-0.2, 0) is 11.3 Å². The van der Waals surface area contributed by atoms with Crippen molar-refractivity contribution >= 4 is 18.3 Å². The highest BCUT2D eigenvalue weighted by molar-refractivity contribution is 5.85. The van der Waals surface area contributed by atoms with Crippen LogP contribution in [0.2, 0.25) is 0 Å². The van der Waals surface area contributed by atoms with Crippen LogP contribution in [0.1, 0.15) is 38.2 Å². The molecule has 0 spiro atoms. The van der Waals surface area contributed by atoms with Crippen LogP contribution in [0, 0.1) is 12.3 Å². The van der Waals surface area contributed by atoms with Crippen molar-refractivity contribution in [3.8, 4) is 0 Å². The molecule has 6 heteroatoms. The zero-order valence-corrected chi connectivity index (χ0v) is 12.6. The van der Waals surface area contributed by atoms with Crippen molar-refractivity contribution in [2.45, 2.75) is 40.2 Å². The number of hydrogen-bond acceptors (Lipinski definition) is 4. The Bertz CT molecular complexity index is 399. The van der Waals surface area contributed by atoms with E-state index < -0.39 is 5.41 Å². The molecule has 0 bridgehead atoms. The number of hydrogen-bond donors (Lipinski definition) is 2. The smallest absolute Gasteiger partial charge is 0.227 e. The molecule has 0 aromatic carbocycles. The molecule has 0 fully saturated rings. The molecule has 0 saturated carbocycles. The number of halogens is 1. The normalized spacial score (nSPS) is 10.7. The quantitative estimate of drug-likeness (QED) is 0.832. The lowest BCUT2D eigenvalue weighted by molar-refractivity contribution is -0.131. The molecule has 108 valence electrons. The number of nitrogens with two attached hydrogens (primary N) is 1. The number of carbonyl (C=O) groups excluding carboxylic acids is 1. The second kappa shape index (κ2) is 8.07. The standard InChI is InChI=1S/C13H22N4O.ClH/c1-4-13(5-2,9-14)12(18)16-8-11-6-7-15-10(3)17-11;/h6-7H,4-5,8-9,14H2,1-3H3,(H,16,18);1H. The van der Waals surface area contributed by atoms with E-state index >= 15 is 0 Å². The fraction of sp³-hybridized carbons (Fsp3) is 0.615. The Kier molecular flexibility index (Phi) is 7.56. The van der Waals surface area contributed by atoms with Gasteiger partial charge in [-0.05, 0) is 25.8 Å². The van der Waals surface area contributed by atoms with Crippen molar-refractivity contribution in [2.75, 3.05) is 6.54 Å². The van der Waals surface area contributed by atoms with Crippen molar-refractivity contribution in [1.29, 1.82) is 0 Å². The lowest BCUT2D eigenvalue weighted by Crippen LogP contribution is -2.45. The number of aryl methyl sites for hydroxylation is 1. The van der Waals surface area contributed by atoms with Gasteiger partial charge in [0.15, 0.2) is 0 Å². The lowest BCUT2D eigenvalue weighted by atomic mass is 9.81. The molecule has 0 radical (unpaired) electrons. The van der Waals surface area contributed by atoms with Crippen LogP contribution in [0.4, 0.5) is 0 Å². The maximum Gasteiger partial charge on any atom is 0.227 e. The van der Waals surface area contributed by atoms with Gasteiger partial charge in [-0.15, -0.1) is 12.4 Å². The van der Waals surface area contributed by atoms with Gasteiger partial charge in [-0.3, -0.25) is 4.79 Å².